The molecule has 0 aliphatic carbocycles. The highest BCUT2D eigenvalue weighted by molar-refractivity contribution is 7.92. The van der Waals surface area contributed by atoms with Crippen LogP contribution in [-0.4, -0.2) is 27.7 Å². The fourth-order valence-corrected chi connectivity index (χ4v) is 4.10. The van der Waals surface area contributed by atoms with Crippen molar-refractivity contribution in [3.05, 3.63) is 89.0 Å². The van der Waals surface area contributed by atoms with E-state index in [2.05, 4.69) is 5.32 Å². The first kappa shape index (κ1) is 22.4. The molecule has 0 fully saturated rings. The molecule has 3 aromatic carbocycles. The summed E-state index contributed by atoms with van der Waals surface area (Å²) < 4.78 is 31.4. The number of aryl methyl sites for hydroxylation is 2. The van der Waals surface area contributed by atoms with Crippen LogP contribution < -0.4 is 14.4 Å². The van der Waals surface area contributed by atoms with Crippen LogP contribution in [-0.2, 0) is 16.6 Å². The predicted molar refractivity (Wildman–Crippen MR) is 124 cm³/mol. The zero-order valence-corrected chi connectivity index (χ0v) is 18.9. The highest BCUT2D eigenvalue weighted by Gasteiger charge is 2.18. The molecular weight excluding hydrogens is 412 g/mol. The van der Waals surface area contributed by atoms with Crippen molar-refractivity contribution in [1.29, 1.82) is 0 Å². The number of anilines is 2. The van der Waals surface area contributed by atoms with Gasteiger partial charge in [-0.1, -0.05) is 30.3 Å². The molecule has 0 aliphatic rings. The number of amides is 1. The molecule has 3 rings (SSSR count). The lowest BCUT2D eigenvalue weighted by Crippen LogP contribution is -2.29. The largest absolute Gasteiger partial charge is 0.495 e. The second kappa shape index (κ2) is 9.22. The van der Waals surface area contributed by atoms with Crippen molar-refractivity contribution in [2.24, 2.45) is 0 Å². The Hall–Kier alpha value is -3.32. The fourth-order valence-electron chi connectivity index (χ4n) is 3.22. The van der Waals surface area contributed by atoms with Crippen LogP contribution in [0.4, 0.5) is 11.4 Å². The molecule has 1 N–H and O–H groups in total. The normalized spacial score (nSPS) is 11.1. The molecule has 0 unspecified atom stereocenters. The molecule has 0 bridgehead atoms. The first-order valence-electron chi connectivity index (χ1n) is 9.76. The smallest absolute Gasteiger partial charge is 0.255 e. The second-order valence-corrected chi connectivity index (χ2v) is 9.37. The number of carbonyl (C=O) groups is 1. The van der Waals surface area contributed by atoms with Crippen LogP contribution in [0.2, 0.25) is 0 Å². The third-order valence-electron chi connectivity index (χ3n) is 4.84. The molecule has 0 saturated heterocycles. The Morgan fingerprint density at radius 2 is 1.65 bits per heavy atom. The first-order valence-corrected chi connectivity index (χ1v) is 11.6. The SMILES string of the molecule is COc1ccc(C)cc1NC(=O)c1ccc(CN(c2cccc(C)c2)S(C)(=O)=O)cc1. The minimum atomic E-state index is -3.47. The summed E-state index contributed by atoms with van der Waals surface area (Å²) in [5.41, 5.74) is 4.42. The maximum Gasteiger partial charge on any atom is 0.255 e. The van der Waals surface area contributed by atoms with Crippen LogP contribution in [0.25, 0.3) is 0 Å². The molecule has 7 heteroatoms. The molecule has 162 valence electrons. The van der Waals surface area contributed by atoms with Crippen molar-refractivity contribution in [2.45, 2.75) is 20.4 Å². The van der Waals surface area contributed by atoms with Gasteiger partial charge in [0, 0.05) is 5.56 Å². The molecule has 0 saturated carbocycles. The number of benzene rings is 3. The Morgan fingerprint density at radius 3 is 2.26 bits per heavy atom. The van der Waals surface area contributed by atoms with Gasteiger partial charge in [0.25, 0.3) is 5.91 Å². The van der Waals surface area contributed by atoms with E-state index in [1.807, 2.05) is 44.2 Å². The summed E-state index contributed by atoms with van der Waals surface area (Å²) in [6.07, 6.45) is 1.19. The van der Waals surface area contributed by atoms with E-state index in [0.29, 0.717) is 22.7 Å². The number of nitrogens with zero attached hydrogens (tertiary/aromatic N) is 1. The van der Waals surface area contributed by atoms with E-state index in [-0.39, 0.29) is 12.5 Å². The molecule has 0 aromatic heterocycles. The van der Waals surface area contributed by atoms with Gasteiger partial charge < -0.3 is 10.1 Å². The van der Waals surface area contributed by atoms with Crippen LogP contribution in [0, 0.1) is 13.8 Å². The molecule has 6 nitrogen and oxygen atoms in total. The van der Waals surface area contributed by atoms with Gasteiger partial charge in [-0.3, -0.25) is 9.10 Å². The summed E-state index contributed by atoms with van der Waals surface area (Å²) in [5, 5.41) is 2.86. The molecule has 0 atom stereocenters. The highest BCUT2D eigenvalue weighted by Crippen LogP contribution is 2.26. The van der Waals surface area contributed by atoms with Crippen LogP contribution in [0.3, 0.4) is 0 Å². The lowest BCUT2D eigenvalue weighted by Gasteiger charge is -2.23. The van der Waals surface area contributed by atoms with Crippen molar-refractivity contribution < 1.29 is 17.9 Å². The number of hydrogen-bond acceptors (Lipinski definition) is 4. The van der Waals surface area contributed by atoms with Crippen molar-refractivity contribution in [3.63, 3.8) is 0 Å². The number of ether oxygens (including phenoxy) is 1. The summed E-state index contributed by atoms with van der Waals surface area (Å²) >= 11 is 0. The number of rotatable bonds is 7. The van der Waals surface area contributed by atoms with Crippen LogP contribution in [0.5, 0.6) is 5.75 Å². The van der Waals surface area contributed by atoms with Gasteiger partial charge in [0.2, 0.25) is 10.0 Å². The molecule has 0 aliphatic heterocycles. The molecule has 31 heavy (non-hydrogen) atoms. The summed E-state index contributed by atoms with van der Waals surface area (Å²) in [6.45, 7) is 4.03. The summed E-state index contributed by atoms with van der Waals surface area (Å²) in [7, 11) is -1.92. The molecular formula is C24H26N2O4S. The topological polar surface area (TPSA) is 75.7 Å². The van der Waals surface area contributed by atoms with Gasteiger partial charge in [-0.15, -0.1) is 0 Å². The van der Waals surface area contributed by atoms with E-state index in [1.165, 1.54) is 10.6 Å². The maximum atomic E-state index is 12.7. The molecule has 1 amide bonds. The molecule has 0 radical (unpaired) electrons. The van der Waals surface area contributed by atoms with Gasteiger partial charge in [0.15, 0.2) is 0 Å². The quantitative estimate of drug-likeness (QED) is 0.588. The Balaban J connectivity index is 1.79. The van der Waals surface area contributed by atoms with Gasteiger partial charge in [-0.2, -0.15) is 0 Å². The minimum absolute atomic E-state index is 0.176. The lowest BCUT2D eigenvalue weighted by atomic mass is 10.1. The van der Waals surface area contributed by atoms with Crippen molar-refractivity contribution >= 4 is 27.3 Å². The third-order valence-corrected chi connectivity index (χ3v) is 5.98. The number of nitrogens with one attached hydrogen (secondary N) is 1. The van der Waals surface area contributed by atoms with E-state index in [9.17, 15) is 13.2 Å². The van der Waals surface area contributed by atoms with Gasteiger partial charge in [-0.25, -0.2) is 8.42 Å². The average molecular weight is 439 g/mol. The Bertz CT molecular complexity index is 1190. The molecule has 0 heterocycles. The lowest BCUT2D eigenvalue weighted by molar-refractivity contribution is 0.102. The maximum absolute atomic E-state index is 12.7. The van der Waals surface area contributed by atoms with Gasteiger partial charge in [-0.05, 0) is 66.9 Å². The monoisotopic (exact) mass is 438 g/mol. The van der Waals surface area contributed by atoms with E-state index < -0.39 is 10.0 Å². The number of sulfonamides is 1. The zero-order chi connectivity index (χ0) is 22.6. The summed E-state index contributed by atoms with van der Waals surface area (Å²) in [5.74, 6) is 0.312. The average Bonchev–Trinajstić information content (AvgIpc) is 2.71. The van der Waals surface area contributed by atoms with Gasteiger partial charge >= 0.3 is 0 Å². The first-order chi connectivity index (χ1) is 14.7. The van der Waals surface area contributed by atoms with E-state index in [1.54, 1.807) is 43.5 Å². The predicted octanol–water partition coefficient (Wildman–Crippen LogP) is 4.53. The third kappa shape index (κ3) is 5.64. The zero-order valence-electron chi connectivity index (χ0n) is 18.0. The summed E-state index contributed by atoms with van der Waals surface area (Å²) in [4.78, 5) is 12.7. The standard InChI is InChI=1S/C24H26N2O4S/c1-17-6-5-7-21(14-17)26(31(4,28)29)16-19-9-11-20(12-10-19)24(27)25-22-15-18(2)8-13-23(22)30-3/h5-15H,16H2,1-4H3,(H,25,27). The van der Waals surface area contributed by atoms with Crippen LogP contribution >= 0.6 is 0 Å². The van der Waals surface area contributed by atoms with Crippen molar-refractivity contribution in [2.75, 3.05) is 23.0 Å². The van der Waals surface area contributed by atoms with Crippen molar-refractivity contribution in [1.82, 2.24) is 0 Å². The molecule has 3 aromatic rings. The number of carbonyl (C=O) groups excluding carboxylic acids is 1. The second-order valence-electron chi connectivity index (χ2n) is 7.46. The van der Waals surface area contributed by atoms with Crippen molar-refractivity contribution in [3.8, 4) is 5.75 Å². The fraction of sp³-hybridized carbons (Fsp3) is 0.208. The van der Waals surface area contributed by atoms with Crippen LogP contribution in [0.15, 0.2) is 66.7 Å². The van der Waals surface area contributed by atoms with E-state index in [0.717, 1.165) is 16.7 Å². The summed E-state index contributed by atoms with van der Waals surface area (Å²) in [6, 6.07) is 19.8. The Morgan fingerprint density at radius 1 is 0.968 bits per heavy atom. The van der Waals surface area contributed by atoms with E-state index >= 15 is 0 Å². The Kier molecular flexibility index (Phi) is 6.65. The Labute approximate surface area is 183 Å². The highest BCUT2D eigenvalue weighted by atomic mass is 32.2. The van der Waals surface area contributed by atoms with Crippen LogP contribution in [0.1, 0.15) is 27.0 Å². The number of hydrogen-bond donors (Lipinski definition) is 1. The van der Waals surface area contributed by atoms with Gasteiger partial charge in [0.05, 0.1) is 31.3 Å². The minimum Gasteiger partial charge on any atom is -0.495 e. The van der Waals surface area contributed by atoms with E-state index in [4.69, 9.17) is 4.74 Å². The number of methoxy groups -OCH3 is 1. The van der Waals surface area contributed by atoms with Gasteiger partial charge in [0.1, 0.15) is 5.75 Å². The molecule has 0 spiro atoms.